The van der Waals surface area contributed by atoms with Crippen molar-refractivity contribution in [2.75, 3.05) is 0 Å². The average Bonchev–Trinajstić information content (AvgIpc) is 2.34. The minimum Gasteiger partial charge on any atom is -0.508 e. The molecule has 0 heterocycles. The first-order valence-corrected chi connectivity index (χ1v) is 5.48. The summed E-state index contributed by atoms with van der Waals surface area (Å²) in [7, 11) is 0. The fourth-order valence-electron chi connectivity index (χ4n) is 1.51. The van der Waals surface area contributed by atoms with E-state index in [1.54, 1.807) is 24.3 Å². The zero-order chi connectivity index (χ0) is 12.3. The second-order valence-electron chi connectivity index (χ2n) is 3.75. The van der Waals surface area contributed by atoms with Crippen LogP contribution in [0.5, 0.6) is 23.0 Å². The van der Waals surface area contributed by atoms with Crippen molar-refractivity contribution in [3.05, 3.63) is 48.0 Å². The minimum atomic E-state index is 0.123. The molecule has 0 aliphatic rings. The molecule has 0 amide bonds. The average molecular weight is 230 g/mol. The van der Waals surface area contributed by atoms with E-state index < -0.39 is 0 Å². The molecule has 0 radical (unpaired) electrons. The van der Waals surface area contributed by atoms with Gasteiger partial charge in [0.1, 0.15) is 11.5 Å². The third-order valence-electron chi connectivity index (χ3n) is 2.50. The molecule has 0 aromatic heterocycles. The van der Waals surface area contributed by atoms with Crippen LogP contribution >= 0.6 is 0 Å². The van der Waals surface area contributed by atoms with Gasteiger partial charge in [0.15, 0.2) is 11.5 Å². The molecule has 2 aromatic carbocycles. The summed E-state index contributed by atoms with van der Waals surface area (Å²) in [4.78, 5) is 0. The number of aryl methyl sites for hydroxylation is 1. The molecule has 0 aliphatic heterocycles. The van der Waals surface area contributed by atoms with Crippen LogP contribution < -0.4 is 4.74 Å². The Morgan fingerprint density at radius 3 is 2.29 bits per heavy atom. The van der Waals surface area contributed by atoms with Crippen molar-refractivity contribution in [1.29, 1.82) is 0 Å². The quantitative estimate of drug-likeness (QED) is 0.849. The molecule has 0 fully saturated rings. The maximum atomic E-state index is 9.76. The highest BCUT2D eigenvalue weighted by atomic mass is 16.5. The predicted molar refractivity (Wildman–Crippen MR) is 65.7 cm³/mol. The summed E-state index contributed by atoms with van der Waals surface area (Å²) in [5.41, 5.74) is 1.06. The summed E-state index contributed by atoms with van der Waals surface area (Å²) in [6, 6.07) is 11.7. The highest BCUT2D eigenvalue weighted by Gasteiger charge is 2.04. The summed E-state index contributed by atoms with van der Waals surface area (Å²) in [6.45, 7) is 2.02. The van der Waals surface area contributed by atoms with Crippen LogP contribution in [0.25, 0.3) is 0 Å². The van der Waals surface area contributed by atoms with Crippen molar-refractivity contribution in [2.24, 2.45) is 0 Å². The molecular weight excluding hydrogens is 216 g/mol. The Balaban J connectivity index is 2.21. The third kappa shape index (κ3) is 2.69. The molecule has 0 atom stereocenters. The van der Waals surface area contributed by atoms with E-state index in [2.05, 4.69) is 0 Å². The summed E-state index contributed by atoms with van der Waals surface area (Å²) in [5.74, 6) is 1.29. The zero-order valence-corrected chi connectivity index (χ0v) is 9.55. The van der Waals surface area contributed by atoms with E-state index >= 15 is 0 Å². The van der Waals surface area contributed by atoms with Gasteiger partial charge in [0.05, 0.1) is 0 Å². The van der Waals surface area contributed by atoms with Gasteiger partial charge in [0.25, 0.3) is 0 Å². The second kappa shape index (κ2) is 4.78. The lowest BCUT2D eigenvalue weighted by Crippen LogP contribution is -1.86. The Morgan fingerprint density at radius 1 is 1.00 bits per heavy atom. The van der Waals surface area contributed by atoms with Crippen molar-refractivity contribution in [3.63, 3.8) is 0 Å². The van der Waals surface area contributed by atoms with Crippen LogP contribution in [0.15, 0.2) is 42.5 Å². The number of phenols is 2. The van der Waals surface area contributed by atoms with Gasteiger partial charge in [-0.15, -0.1) is 0 Å². The van der Waals surface area contributed by atoms with E-state index in [0.717, 1.165) is 12.0 Å². The molecule has 3 nitrogen and oxygen atoms in total. The molecular formula is C14H14O3. The predicted octanol–water partition coefficient (Wildman–Crippen LogP) is 3.45. The van der Waals surface area contributed by atoms with Crippen molar-refractivity contribution in [2.45, 2.75) is 13.3 Å². The molecule has 88 valence electrons. The molecule has 0 unspecified atom stereocenters. The van der Waals surface area contributed by atoms with Crippen LogP contribution in [0.2, 0.25) is 0 Å². The van der Waals surface area contributed by atoms with Gasteiger partial charge < -0.3 is 14.9 Å². The lowest BCUT2D eigenvalue weighted by molar-refractivity contribution is 0.409. The molecule has 0 saturated carbocycles. The van der Waals surface area contributed by atoms with E-state index in [0.29, 0.717) is 11.5 Å². The molecule has 0 bridgehead atoms. The molecule has 0 saturated heterocycles. The van der Waals surface area contributed by atoms with Crippen molar-refractivity contribution < 1.29 is 14.9 Å². The number of rotatable bonds is 3. The Labute approximate surface area is 99.9 Å². The lowest BCUT2D eigenvalue weighted by Gasteiger charge is -2.08. The molecule has 17 heavy (non-hydrogen) atoms. The van der Waals surface area contributed by atoms with Crippen molar-refractivity contribution in [1.82, 2.24) is 0 Å². The number of aromatic hydroxyl groups is 2. The van der Waals surface area contributed by atoms with Gasteiger partial charge in [0, 0.05) is 0 Å². The molecule has 0 spiro atoms. The first kappa shape index (κ1) is 11.3. The van der Waals surface area contributed by atoms with Crippen molar-refractivity contribution >= 4 is 0 Å². The minimum absolute atomic E-state index is 0.123. The van der Waals surface area contributed by atoms with Crippen LogP contribution in [0.4, 0.5) is 0 Å². The van der Waals surface area contributed by atoms with E-state index in [1.807, 2.05) is 13.0 Å². The van der Waals surface area contributed by atoms with Gasteiger partial charge in [-0.1, -0.05) is 13.0 Å². The molecule has 3 heteroatoms. The monoisotopic (exact) mass is 230 g/mol. The Hall–Kier alpha value is -2.16. The van der Waals surface area contributed by atoms with Gasteiger partial charge >= 0.3 is 0 Å². The molecule has 2 aromatic rings. The first-order valence-electron chi connectivity index (χ1n) is 5.48. The van der Waals surface area contributed by atoms with Crippen LogP contribution in [0.3, 0.4) is 0 Å². The number of ether oxygens (including phenoxy) is 1. The lowest BCUT2D eigenvalue weighted by atomic mass is 10.1. The smallest absolute Gasteiger partial charge is 0.169 e. The van der Waals surface area contributed by atoms with Crippen molar-refractivity contribution in [3.8, 4) is 23.0 Å². The number of phenolic OH excluding ortho intramolecular Hbond substituents is 2. The van der Waals surface area contributed by atoms with Gasteiger partial charge in [-0.25, -0.2) is 0 Å². The summed E-state index contributed by atoms with van der Waals surface area (Å²) in [6.07, 6.45) is 0.868. The largest absolute Gasteiger partial charge is 0.508 e. The molecule has 2 N–H and O–H groups in total. The van der Waals surface area contributed by atoms with Gasteiger partial charge in [-0.2, -0.15) is 0 Å². The highest BCUT2D eigenvalue weighted by molar-refractivity contribution is 5.44. The van der Waals surface area contributed by atoms with E-state index in [1.165, 1.54) is 12.1 Å². The maximum Gasteiger partial charge on any atom is 0.169 e. The van der Waals surface area contributed by atoms with E-state index in [-0.39, 0.29) is 11.5 Å². The Kier molecular flexibility index (Phi) is 3.19. The van der Waals surface area contributed by atoms with Crippen LogP contribution in [0.1, 0.15) is 12.5 Å². The summed E-state index contributed by atoms with van der Waals surface area (Å²) < 4.78 is 5.50. The Bertz CT molecular complexity index is 503. The molecule has 2 rings (SSSR count). The zero-order valence-electron chi connectivity index (χ0n) is 9.55. The van der Waals surface area contributed by atoms with Crippen LogP contribution in [0, 0.1) is 0 Å². The fraction of sp³-hybridized carbons (Fsp3) is 0.143. The normalized spacial score (nSPS) is 10.2. The molecule has 0 aliphatic carbocycles. The fourth-order valence-corrected chi connectivity index (χ4v) is 1.51. The van der Waals surface area contributed by atoms with Gasteiger partial charge in [-0.05, 0) is 48.4 Å². The number of hydrogen-bond acceptors (Lipinski definition) is 3. The highest BCUT2D eigenvalue weighted by Crippen LogP contribution is 2.31. The Morgan fingerprint density at radius 2 is 1.71 bits per heavy atom. The van der Waals surface area contributed by atoms with Gasteiger partial charge in [0.2, 0.25) is 0 Å². The SMILES string of the molecule is CCc1ccc(Oc2ccc(O)cc2)c(O)c1. The number of hydrogen-bond donors (Lipinski definition) is 2. The van der Waals surface area contributed by atoms with E-state index in [4.69, 9.17) is 9.84 Å². The summed E-state index contributed by atoms with van der Waals surface area (Å²) >= 11 is 0. The first-order chi connectivity index (χ1) is 8.19. The van der Waals surface area contributed by atoms with Crippen LogP contribution in [-0.4, -0.2) is 10.2 Å². The standard InChI is InChI=1S/C14H14O3/c1-2-10-3-8-14(13(16)9-10)17-12-6-4-11(15)5-7-12/h3-9,15-16H,2H2,1H3. The van der Waals surface area contributed by atoms with Gasteiger partial charge in [-0.3, -0.25) is 0 Å². The number of benzene rings is 2. The topological polar surface area (TPSA) is 49.7 Å². The third-order valence-corrected chi connectivity index (χ3v) is 2.50. The maximum absolute atomic E-state index is 9.76. The van der Waals surface area contributed by atoms with Crippen LogP contribution in [-0.2, 0) is 6.42 Å². The second-order valence-corrected chi connectivity index (χ2v) is 3.75. The van der Waals surface area contributed by atoms with E-state index in [9.17, 15) is 5.11 Å². The summed E-state index contributed by atoms with van der Waals surface area (Å²) in [5, 5.41) is 18.9.